The fraction of sp³-hybridized carbons (Fsp3) is 0.100. The van der Waals surface area contributed by atoms with E-state index in [2.05, 4.69) is 6.07 Å². The highest BCUT2D eigenvalue weighted by Gasteiger charge is 2.07. The second kappa shape index (κ2) is 6.74. The van der Waals surface area contributed by atoms with Crippen LogP contribution in [0.3, 0.4) is 0 Å². The molecule has 0 amide bonds. The highest BCUT2D eigenvalue weighted by molar-refractivity contribution is 6.01. The smallest absolute Gasteiger partial charge is 0.176 e. The quantitative estimate of drug-likeness (QED) is 0.559. The van der Waals surface area contributed by atoms with Crippen molar-refractivity contribution in [2.45, 2.75) is 6.04 Å². The summed E-state index contributed by atoms with van der Waals surface area (Å²) in [5.41, 5.74) is 14.6. The van der Waals surface area contributed by atoms with E-state index < -0.39 is 6.04 Å². The van der Waals surface area contributed by atoms with Crippen LogP contribution >= 0.6 is 0 Å². The van der Waals surface area contributed by atoms with Crippen molar-refractivity contribution in [3.8, 4) is 11.1 Å². The first kappa shape index (κ1) is 16.1. The lowest BCUT2D eigenvalue weighted by molar-refractivity contribution is -0.109. The molecule has 0 aliphatic heterocycles. The lowest BCUT2D eigenvalue weighted by Gasteiger charge is -2.08. The lowest BCUT2D eigenvalue weighted by Crippen LogP contribution is -2.13. The molecule has 3 aromatic carbocycles. The van der Waals surface area contributed by atoms with Crippen LogP contribution in [-0.4, -0.2) is 18.6 Å². The molecular weight excluding hydrogens is 300 g/mol. The van der Waals surface area contributed by atoms with Crippen molar-refractivity contribution < 1.29 is 9.59 Å². The Morgan fingerprint density at radius 3 is 2.21 bits per heavy atom. The number of carbonyl (C=O) groups excluding carboxylic acids is 2. The summed E-state index contributed by atoms with van der Waals surface area (Å²) < 4.78 is 0. The third kappa shape index (κ3) is 3.11. The average Bonchev–Trinajstić information content (AvgIpc) is 2.66. The van der Waals surface area contributed by atoms with Crippen LogP contribution in [-0.2, 0) is 4.79 Å². The van der Waals surface area contributed by atoms with Gasteiger partial charge < -0.3 is 16.3 Å². The van der Waals surface area contributed by atoms with Gasteiger partial charge in [0.2, 0.25) is 0 Å². The number of benzene rings is 3. The van der Waals surface area contributed by atoms with Crippen LogP contribution in [0.2, 0.25) is 0 Å². The van der Waals surface area contributed by atoms with Crippen molar-refractivity contribution in [2.24, 2.45) is 11.5 Å². The molecule has 0 aliphatic rings. The number of hydrogen-bond donors (Lipinski definition) is 2. The molecule has 0 fully saturated rings. The Bertz CT molecular complexity index is 901. The van der Waals surface area contributed by atoms with E-state index in [1.807, 2.05) is 48.5 Å². The van der Waals surface area contributed by atoms with Gasteiger partial charge in [-0.25, -0.2) is 0 Å². The number of carbonyl (C=O) groups is 2. The third-order valence-corrected chi connectivity index (χ3v) is 4.12. The van der Waals surface area contributed by atoms with E-state index in [4.69, 9.17) is 11.5 Å². The lowest BCUT2D eigenvalue weighted by atomic mass is 9.97. The summed E-state index contributed by atoms with van der Waals surface area (Å²) in [6.45, 7) is 0.0128. The zero-order valence-electron chi connectivity index (χ0n) is 13.1. The zero-order chi connectivity index (χ0) is 17.1. The van der Waals surface area contributed by atoms with Gasteiger partial charge in [-0.2, -0.15) is 0 Å². The number of fused-ring (bicyclic) bond motifs is 1. The van der Waals surface area contributed by atoms with Gasteiger partial charge in [0.15, 0.2) is 5.78 Å². The molecule has 24 heavy (non-hydrogen) atoms. The topological polar surface area (TPSA) is 86.2 Å². The molecule has 1 unspecified atom stereocenters. The predicted octanol–water partition coefficient (Wildman–Crippen LogP) is 2.85. The summed E-state index contributed by atoms with van der Waals surface area (Å²) in [4.78, 5) is 22.4. The van der Waals surface area contributed by atoms with Gasteiger partial charge in [-0.15, -0.1) is 0 Å². The standard InChI is InChI=1S/C20H18N2O2/c21-11-20(24)18-8-7-16-9-15(5-6-17(16)10-18)13-1-3-14(4-2-13)19(22)12-23/h1-10,12,19H,11,21-22H2. The van der Waals surface area contributed by atoms with E-state index in [1.54, 1.807) is 6.07 Å². The minimum absolute atomic E-state index is 0.0128. The van der Waals surface area contributed by atoms with Crippen molar-refractivity contribution in [1.29, 1.82) is 0 Å². The minimum Gasteiger partial charge on any atom is -0.324 e. The average molecular weight is 318 g/mol. The van der Waals surface area contributed by atoms with E-state index >= 15 is 0 Å². The Kier molecular flexibility index (Phi) is 4.51. The summed E-state index contributed by atoms with van der Waals surface area (Å²) in [6.07, 6.45) is 0.727. The number of rotatable bonds is 5. The SMILES string of the molecule is NCC(=O)c1ccc2cc(-c3ccc(C(N)C=O)cc3)ccc2c1. The number of Topliss-reactive ketones (excluding diaryl/α,β-unsaturated/α-hetero) is 1. The van der Waals surface area contributed by atoms with Gasteiger partial charge in [0, 0.05) is 5.56 Å². The molecule has 120 valence electrons. The van der Waals surface area contributed by atoms with Crippen LogP contribution in [0.1, 0.15) is 22.0 Å². The summed E-state index contributed by atoms with van der Waals surface area (Å²) in [5, 5.41) is 2.05. The molecule has 4 nitrogen and oxygen atoms in total. The maximum absolute atomic E-state index is 11.7. The van der Waals surface area contributed by atoms with Gasteiger partial charge in [-0.05, 0) is 39.6 Å². The third-order valence-electron chi connectivity index (χ3n) is 4.12. The Balaban J connectivity index is 1.96. The highest BCUT2D eigenvalue weighted by atomic mass is 16.1. The summed E-state index contributed by atoms with van der Waals surface area (Å²) >= 11 is 0. The molecule has 4 heteroatoms. The normalized spacial score (nSPS) is 12.1. The van der Waals surface area contributed by atoms with Crippen LogP contribution in [0, 0.1) is 0 Å². The molecule has 0 aromatic heterocycles. The Labute approximate surface area is 140 Å². The largest absolute Gasteiger partial charge is 0.324 e. The Morgan fingerprint density at radius 2 is 1.54 bits per heavy atom. The molecule has 0 saturated carbocycles. The Morgan fingerprint density at radius 1 is 0.917 bits per heavy atom. The van der Waals surface area contributed by atoms with E-state index in [9.17, 15) is 9.59 Å². The van der Waals surface area contributed by atoms with Gasteiger partial charge in [0.1, 0.15) is 6.29 Å². The van der Waals surface area contributed by atoms with Gasteiger partial charge in [0.05, 0.1) is 12.6 Å². The van der Waals surface area contributed by atoms with Crippen LogP contribution < -0.4 is 11.5 Å². The van der Waals surface area contributed by atoms with Crippen LogP contribution in [0.5, 0.6) is 0 Å². The van der Waals surface area contributed by atoms with Gasteiger partial charge in [-0.1, -0.05) is 48.5 Å². The fourth-order valence-corrected chi connectivity index (χ4v) is 2.69. The van der Waals surface area contributed by atoms with Crippen molar-refractivity contribution in [3.63, 3.8) is 0 Å². The first-order valence-corrected chi connectivity index (χ1v) is 7.70. The van der Waals surface area contributed by atoms with Gasteiger partial charge >= 0.3 is 0 Å². The van der Waals surface area contributed by atoms with E-state index in [0.717, 1.165) is 33.7 Å². The summed E-state index contributed by atoms with van der Waals surface area (Å²) in [5.74, 6) is -0.0666. The molecule has 0 heterocycles. The Hall–Kier alpha value is -2.82. The predicted molar refractivity (Wildman–Crippen MR) is 95.8 cm³/mol. The molecule has 0 bridgehead atoms. The highest BCUT2D eigenvalue weighted by Crippen LogP contribution is 2.26. The molecule has 1 atom stereocenters. The maximum Gasteiger partial charge on any atom is 0.176 e. The molecule has 0 radical (unpaired) electrons. The molecule has 3 rings (SSSR count). The molecular formula is C20H18N2O2. The zero-order valence-corrected chi connectivity index (χ0v) is 13.1. The number of nitrogens with two attached hydrogens (primary N) is 2. The van der Waals surface area contributed by atoms with Crippen molar-refractivity contribution in [3.05, 3.63) is 71.8 Å². The summed E-state index contributed by atoms with van der Waals surface area (Å²) in [6, 6.07) is 18.7. The number of ketones is 1. The monoisotopic (exact) mass is 318 g/mol. The molecule has 0 spiro atoms. The number of aldehydes is 1. The van der Waals surface area contributed by atoms with Gasteiger partial charge in [0.25, 0.3) is 0 Å². The van der Waals surface area contributed by atoms with Crippen LogP contribution in [0.15, 0.2) is 60.7 Å². The van der Waals surface area contributed by atoms with E-state index in [0.29, 0.717) is 5.56 Å². The maximum atomic E-state index is 11.7. The van der Waals surface area contributed by atoms with Crippen molar-refractivity contribution in [1.82, 2.24) is 0 Å². The van der Waals surface area contributed by atoms with E-state index in [1.165, 1.54) is 0 Å². The minimum atomic E-state index is -0.589. The first-order valence-electron chi connectivity index (χ1n) is 7.70. The van der Waals surface area contributed by atoms with Crippen molar-refractivity contribution >= 4 is 22.8 Å². The van der Waals surface area contributed by atoms with Crippen LogP contribution in [0.25, 0.3) is 21.9 Å². The summed E-state index contributed by atoms with van der Waals surface area (Å²) in [7, 11) is 0. The van der Waals surface area contributed by atoms with Crippen LogP contribution in [0.4, 0.5) is 0 Å². The van der Waals surface area contributed by atoms with Crippen molar-refractivity contribution in [2.75, 3.05) is 6.54 Å². The fourth-order valence-electron chi connectivity index (χ4n) is 2.69. The molecule has 0 aliphatic carbocycles. The second-order valence-corrected chi connectivity index (χ2v) is 5.69. The molecule has 3 aromatic rings. The second-order valence-electron chi connectivity index (χ2n) is 5.69. The van der Waals surface area contributed by atoms with Gasteiger partial charge in [-0.3, -0.25) is 4.79 Å². The molecule has 4 N–H and O–H groups in total. The molecule has 0 saturated heterocycles. The number of hydrogen-bond acceptors (Lipinski definition) is 4. The van der Waals surface area contributed by atoms with E-state index in [-0.39, 0.29) is 12.3 Å². The first-order chi connectivity index (χ1) is 11.6.